The summed E-state index contributed by atoms with van der Waals surface area (Å²) in [5.41, 5.74) is 6.73. The van der Waals surface area contributed by atoms with Crippen molar-refractivity contribution in [1.29, 1.82) is 0 Å². The van der Waals surface area contributed by atoms with Gasteiger partial charge in [0.25, 0.3) is 0 Å². The monoisotopic (exact) mass is 379 g/mol. The van der Waals surface area contributed by atoms with Crippen molar-refractivity contribution in [2.75, 3.05) is 30.3 Å². The molecular formula is C21H25N5O2. The molecule has 0 radical (unpaired) electrons. The number of carbonyl (C=O) groups excluding carboxylic acids is 1. The highest BCUT2D eigenvalue weighted by atomic mass is 16.5. The Balaban J connectivity index is 1.25. The van der Waals surface area contributed by atoms with Crippen molar-refractivity contribution in [2.45, 2.75) is 31.0 Å². The number of nitrogens with two attached hydrogens (primary N) is 1. The van der Waals surface area contributed by atoms with Crippen LogP contribution in [0, 0.1) is 11.8 Å². The molecule has 0 aliphatic carbocycles. The van der Waals surface area contributed by atoms with Crippen LogP contribution in [0.15, 0.2) is 42.6 Å². The highest BCUT2D eigenvalue weighted by Gasteiger charge is 2.63. The molecule has 3 saturated heterocycles. The Morgan fingerprint density at radius 2 is 2.18 bits per heavy atom. The van der Waals surface area contributed by atoms with E-state index in [0.29, 0.717) is 36.6 Å². The van der Waals surface area contributed by atoms with Gasteiger partial charge in [-0.2, -0.15) is 4.98 Å². The van der Waals surface area contributed by atoms with Gasteiger partial charge >= 0.3 is 0 Å². The van der Waals surface area contributed by atoms with Gasteiger partial charge in [0.2, 0.25) is 11.9 Å². The smallest absolute Gasteiger partial charge is 0.227 e. The first-order chi connectivity index (χ1) is 13.6. The van der Waals surface area contributed by atoms with Crippen molar-refractivity contribution in [1.82, 2.24) is 15.3 Å². The van der Waals surface area contributed by atoms with Crippen LogP contribution in [0.3, 0.4) is 0 Å². The van der Waals surface area contributed by atoms with Crippen LogP contribution in [0.2, 0.25) is 0 Å². The maximum absolute atomic E-state index is 12.4. The summed E-state index contributed by atoms with van der Waals surface area (Å²) in [7, 11) is 0. The molecule has 28 heavy (non-hydrogen) atoms. The molecule has 0 saturated carbocycles. The fourth-order valence-corrected chi connectivity index (χ4v) is 5.21. The van der Waals surface area contributed by atoms with Gasteiger partial charge in [-0.1, -0.05) is 30.3 Å². The van der Waals surface area contributed by atoms with Crippen LogP contribution in [0.4, 0.5) is 11.8 Å². The molecule has 3 aliphatic rings. The van der Waals surface area contributed by atoms with Gasteiger partial charge in [-0.05, 0) is 24.5 Å². The van der Waals surface area contributed by atoms with E-state index >= 15 is 0 Å². The zero-order valence-electron chi connectivity index (χ0n) is 15.8. The minimum absolute atomic E-state index is 0.0667. The third-order valence-electron chi connectivity index (χ3n) is 6.47. The first kappa shape index (κ1) is 17.4. The van der Waals surface area contributed by atoms with Crippen LogP contribution in [0.1, 0.15) is 18.4 Å². The van der Waals surface area contributed by atoms with Crippen LogP contribution in [-0.4, -0.2) is 47.2 Å². The topological polar surface area (TPSA) is 93.4 Å². The van der Waals surface area contributed by atoms with Crippen LogP contribution < -0.4 is 16.0 Å². The average Bonchev–Trinajstić information content (AvgIpc) is 3.36. The van der Waals surface area contributed by atoms with Crippen molar-refractivity contribution in [3.05, 3.63) is 48.2 Å². The van der Waals surface area contributed by atoms with E-state index in [1.807, 2.05) is 30.3 Å². The summed E-state index contributed by atoms with van der Waals surface area (Å²) >= 11 is 0. The normalized spacial score (nSPS) is 30.4. The molecule has 5 rings (SSSR count). The Kier molecular flexibility index (Phi) is 4.19. The predicted octanol–water partition coefficient (Wildman–Crippen LogP) is 1.40. The van der Waals surface area contributed by atoms with Gasteiger partial charge in [0, 0.05) is 31.1 Å². The standard InChI is InChI=1S/C21H25N5O2/c22-18-7-9-23-20(25-18)26-12-16-15(17-6-8-21(16,13-26)28-17)11-24-19(27)10-14-4-2-1-3-5-14/h1-5,7,9,15-17H,6,8,10-13H2,(H,24,27)(H2,22,23,25)/t15-,16+,17+,21+/m0/s1. The Labute approximate surface area is 164 Å². The second-order valence-electron chi connectivity index (χ2n) is 8.16. The Hall–Kier alpha value is -2.67. The number of hydrogen-bond acceptors (Lipinski definition) is 6. The van der Waals surface area contributed by atoms with Crippen molar-refractivity contribution in [2.24, 2.45) is 11.8 Å². The second-order valence-corrected chi connectivity index (χ2v) is 8.16. The minimum Gasteiger partial charge on any atom is -0.384 e. The average molecular weight is 379 g/mol. The van der Waals surface area contributed by atoms with E-state index in [4.69, 9.17) is 10.5 Å². The first-order valence-corrected chi connectivity index (χ1v) is 9.95. The van der Waals surface area contributed by atoms with Crippen LogP contribution in [-0.2, 0) is 16.0 Å². The number of amides is 1. The molecule has 3 N–H and O–H groups in total. The lowest BCUT2D eigenvalue weighted by Gasteiger charge is -2.29. The molecule has 0 unspecified atom stereocenters. The molecule has 1 aromatic heterocycles. The molecule has 2 bridgehead atoms. The van der Waals surface area contributed by atoms with Gasteiger partial charge in [0.15, 0.2) is 0 Å². The van der Waals surface area contributed by atoms with Gasteiger partial charge < -0.3 is 20.7 Å². The highest BCUT2D eigenvalue weighted by Crippen LogP contribution is 2.54. The maximum atomic E-state index is 12.4. The molecule has 3 fully saturated rings. The van der Waals surface area contributed by atoms with E-state index in [2.05, 4.69) is 20.2 Å². The fraction of sp³-hybridized carbons (Fsp3) is 0.476. The molecule has 1 amide bonds. The summed E-state index contributed by atoms with van der Waals surface area (Å²) in [5.74, 6) is 1.93. The number of nitrogens with one attached hydrogen (secondary N) is 1. The van der Waals surface area contributed by atoms with Crippen LogP contribution in [0.5, 0.6) is 0 Å². The fourth-order valence-electron chi connectivity index (χ4n) is 5.21. The number of hydrogen-bond donors (Lipinski definition) is 2. The van der Waals surface area contributed by atoms with E-state index in [1.165, 1.54) is 0 Å². The van der Waals surface area contributed by atoms with E-state index in [0.717, 1.165) is 31.5 Å². The van der Waals surface area contributed by atoms with Crippen molar-refractivity contribution in [3.8, 4) is 0 Å². The molecule has 1 aromatic carbocycles. The minimum atomic E-state index is -0.131. The number of nitrogen functional groups attached to an aromatic ring is 1. The summed E-state index contributed by atoms with van der Waals surface area (Å²) in [5, 5.41) is 3.14. The predicted molar refractivity (Wildman–Crippen MR) is 106 cm³/mol. The number of anilines is 2. The first-order valence-electron chi connectivity index (χ1n) is 9.95. The van der Waals surface area contributed by atoms with E-state index in [-0.39, 0.29) is 17.6 Å². The number of nitrogens with zero attached hydrogens (tertiary/aromatic N) is 3. The number of carbonyl (C=O) groups is 1. The van der Waals surface area contributed by atoms with E-state index in [1.54, 1.807) is 12.3 Å². The molecule has 7 nitrogen and oxygen atoms in total. The van der Waals surface area contributed by atoms with E-state index in [9.17, 15) is 4.79 Å². The molecule has 146 valence electrons. The van der Waals surface area contributed by atoms with Crippen LogP contribution >= 0.6 is 0 Å². The molecule has 2 aromatic rings. The molecule has 4 heterocycles. The molecular weight excluding hydrogens is 354 g/mol. The van der Waals surface area contributed by atoms with Gasteiger partial charge in [-0.25, -0.2) is 4.98 Å². The number of fused-ring (bicyclic) bond motifs is 1. The number of ether oxygens (including phenoxy) is 1. The Bertz CT molecular complexity index is 876. The zero-order valence-corrected chi connectivity index (χ0v) is 15.8. The number of aromatic nitrogens is 2. The van der Waals surface area contributed by atoms with Crippen molar-refractivity contribution in [3.63, 3.8) is 0 Å². The van der Waals surface area contributed by atoms with Crippen molar-refractivity contribution >= 4 is 17.7 Å². The summed E-state index contributed by atoms with van der Waals surface area (Å²) in [4.78, 5) is 23.3. The van der Waals surface area contributed by atoms with Gasteiger partial charge in [-0.15, -0.1) is 0 Å². The number of benzene rings is 1. The van der Waals surface area contributed by atoms with Gasteiger partial charge in [0.1, 0.15) is 5.82 Å². The lowest BCUT2D eigenvalue weighted by atomic mass is 9.73. The third-order valence-corrected chi connectivity index (χ3v) is 6.47. The van der Waals surface area contributed by atoms with E-state index < -0.39 is 0 Å². The Morgan fingerprint density at radius 1 is 1.32 bits per heavy atom. The largest absolute Gasteiger partial charge is 0.384 e. The third kappa shape index (κ3) is 2.99. The van der Waals surface area contributed by atoms with Gasteiger partial charge in [-0.3, -0.25) is 4.79 Å². The summed E-state index contributed by atoms with van der Waals surface area (Å²) < 4.78 is 6.45. The lowest BCUT2D eigenvalue weighted by molar-refractivity contribution is -0.120. The molecule has 4 atom stereocenters. The lowest BCUT2D eigenvalue weighted by Crippen LogP contribution is -2.42. The zero-order chi connectivity index (χ0) is 19.1. The quantitative estimate of drug-likeness (QED) is 0.816. The van der Waals surface area contributed by atoms with Gasteiger partial charge in [0.05, 0.1) is 24.7 Å². The summed E-state index contributed by atoms with van der Waals surface area (Å²) in [6.45, 7) is 2.31. The summed E-state index contributed by atoms with van der Waals surface area (Å²) in [6.07, 6.45) is 4.48. The summed E-state index contributed by atoms with van der Waals surface area (Å²) in [6, 6.07) is 11.5. The molecule has 3 aliphatic heterocycles. The molecule has 7 heteroatoms. The maximum Gasteiger partial charge on any atom is 0.227 e. The highest BCUT2D eigenvalue weighted by molar-refractivity contribution is 5.78. The Morgan fingerprint density at radius 3 is 3.00 bits per heavy atom. The molecule has 1 spiro atoms. The van der Waals surface area contributed by atoms with Crippen LogP contribution in [0.25, 0.3) is 0 Å². The second kappa shape index (κ2) is 6.74. The van der Waals surface area contributed by atoms with Crippen molar-refractivity contribution < 1.29 is 9.53 Å². The number of rotatable bonds is 5. The SMILES string of the molecule is Nc1ccnc(N2C[C@@H]3[C@H](CNC(=O)Cc4ccccc4)[C@H]4CC[C@]3(C2)O4)n1.